The molecule has 1 unspecified atom stereocenters. The quantitative estimate of drug-likeness (QED) is 0.429. The van der Waals surface area contributed by atoms with Crippen LogP contribution in [0, 0.1) is 6.92 Å². The van der Waals surface area contributed by atoms with Crippen LogP contribution in [0.2, 0.25) is 0 Å². The van der Waals surface area contributed by atoms with Gasteiger partial charge in [0.15, 0.2) is 5.96 Å². The average molecular weight is 346 g/mol. The van der Waals surface area contributed by atoms with Gasteiger partial charge < -0.3 is 10.6 Å². The highest BCUT2D eigenvalue weighted by molar-refractivity contribution is 7.90. The molecule has 0 aromatic carbocycles. The predicted molar refractivity (Wildman–Crippen MR) is 95.7 cm³/mol. The van der Waals surface area contributed by atoms with Crippen molar-refractivity contribution in [2.24, 2.45) is 4.99 Å². The number of sulfone groups is 1. The number of guanidine groups is 1. The Labute approximate surface area is 138 Å². The van der Waals surface area contributed by atoms with Gasteiger partial charge in [0.05, 0.1) is 5.75 Å². The van der Waals surface area contributed by atoms with Crippen LogP contribution >= 0.6 is 11.3 Å². The molecule has 0 spiro atoms. The smallest absolute Gasteiger partial charge is 0.191 e. The molecule has 2 N–H and O–H groups in total. The first-order chi connectivity index (χ1) is 10.3. The van der Waals surface area contributed by atoms with Crippen molar-refractivity contribution in [1.82, 2.24) is 10.6 Å². The zero-order valence-corrected chi connectivity index (χ0v) is 15.5. The normalized spacial score (nSPS) is 13.9. The Bertz CT molecular complexity index is 579. The molecule has 0 fully saturated rings. The maximum Gasteiger partial charge on any atom is 0.191 e. The maximum absolute atomic E-state index is 11.1. The zero-order valence-electron chi connectivity index (χ0n) is 13.8. The molecule has 0 saturated carbocycles. The number of hydrogen-bond donors (Lipinski definition) is 2. The molecule has 1 aromatic rings. The van der Waals surface area contributed by atoms with Crippen molar-refractivity contribution >= 4 is 27.1 Å². The summed E-state index contributed by atoms with van der Waals surface area (Å²) < 4.78 is 22.2. The van der Waals surface area contributed by atoms with Gasteiger partial charge in [0.1, 0.15) is 9.84 Å². The van der Waals surface area contributed by atoms with E-state index in [0.717, 1.165) is 18.9 Å². The Hall–Kier alpha value is -1.08. The van der Waals surface area contributed by atoms with E-state index in [1.807, 2.05) is 18.3 Å². The average Bonchev–Trinajstić information content (AvgIpc) is 2.79. The summed E-state index contributed by atoms with van der Waals surface area (Å²) in [5.74, 6) is 0.928. The minimum Gasteiger partial charge on any atom is -0.357 e. The summed E-state index contributed by atoms with van der Waals surface area (Å²) in [7, 11) is -2.90. The number of rotatable bonds is 8. The third-order valence-electron chi connectivity index (χ3n) is 2.97. The lowest BCUT2D eigenvalue weighted by molar-refractivity contribution is 0.599. The number of thiophene rings is 1. The van der Waals surface area contributed by atoms with E-state index in [0.29, 0.717) is 13.0 Å². The van der Waals surface area contributed by atoms with Gasteiger partial charge in [0.25, 0.3) is 0 Å². The van der Waals surface area contributed by atoms with Crippen LogP contribution in [0.5, 0.6) is 0 Å². The van der Waals surface area contributed by atoms with Gasteiger partial charge in [-0.05, 0) is 39.3 Å². The Kier molecular flexibility index (Phi) is 7.89. The van der Waals surface area contributed by atoms with E-state index in [4.69, 9.17) is 0 Å². The van der Waals surface area contributed by atoms with E-state index >= 15 is 0 Å². The second-order valence-corrected chi connectivity index (χ2v) is 9.14. The van der Waals surface area contributed by atoms with Crippen LogP contribution in [0.25, 0.3) is 0 Å². The highest BCUT2D eigenvalue weighted by atomic mass is 32.2. The Balaban J connectivity index is 2.47. The minimum atomic E-state index is -2.90. The number of aliphatic imine (C=N–C) groups is 1. The van der Waals surface area contributed by atoms with Crippen molar-refractivity contribution in [3.63, 3.8) is 0 Å². The molecule has 22 heavy (non-hydrogen) atoms. The van der Waals surface area contributed by atoms with Crippen LogP contribution in [-0.2, 0) is 16.3 Å². The molecule has 126 valence electrons. The molecule has 0 aliphatic carbocycles. The summed E-state index contributed by atoms with van der Waals surface area (Å²) in [5.41, 5.74) is 0. The summed E-state index contributed by atoms with van der Waals surface area (Å²) in [6.07, 6.45) is 2.76. The van der Waals surface area contributed by atoms with E-state index in [1.54, 1.807) is 0 Å². The van der Waals surface area contributed by atoms with Crippen LogP contribution in [0.1, 0.15) is 30.0 Å². The summed E-state index contributed by atoms with van der Waals surface area (Å²) in [6.45, 7) is 7.54. The fourth-order valence-corrected chi connectivity index (χ4v) is 3.69. The second kappa shape index (κ2) is 9.15. The van der Waals surface area contributed by atoms with Crippen molar-refractivity contribution in [3.05, 3.63) is 21.9 Å². The van der Waals surface area contributed by atoms with Crippen molar-refractivity contribution in [3.8, 4) is 0 Å². The fraction of sp³-hybridized carbons (Fsp3) is 0.667. The van der Waals surface area contributed by atoms with Crippen molar-refractivity contribution < 1.29 is 8.42 Å². The first kappa shape index (κ1) is 19.0. The molecule has 0 radical (unpaired) electrons. The number of nitrogens with zero attached hydrogens (tertiary/aromatic N) is 1. The largest absolute Gasteiger partial charge is 0.357 e. The molecule has 7 heteroatoms. The first-order valence-corrected chi connectivity index (χ1v) is 10.5. The second-order valence-electron chi connectivity index (χ2n) is 5.51. The molecule has 5 nitrogen and oxygen atoms in total. The molecule has 0 amide bonds. The van der Waals surface area contributed by atoms with Gasteiger partial charge in [0, 0.05) is 41.6 Å². The molecule has 1 aromatic heterocycles. The van der Waals surface area contributed by atoms with Crippen LogP contribution in [-0.4, -0.2) is 45.5 Å². The lowest BCUT2D eigenvalue weighted by atomic mass is 10.2. The van der Waals surface area contributed by atoms with Gasteiger partial charge in [-0.3, -0.25) is 4.99 Å². The summed E-state index contributed by atoms with van der Waals surface area (Å²) in [6, 6.07) is 4.57. The van der Waals surface area contributed by atoms with E-state index in [1.165, 1.54) is 16.0 Å². The van der Waals surface area contributed by atoms with Gasteiger partial charge in [-0.25, -0.2) is 8.42 Å². The van der Waals surface area contributed by atoms with E-state index in [9.17, 15) is 8.42 Å². The molecule has 0 bridgehead atoms. The lowest BCUT2D eigenvalue weighted by Crippen LogP contribution is -2.43. The highest BCUT2D eigenvalue weighted by Crippen LogP contribution is 2.16. The summed E-state index contributed by atoms with van der Waals surface area (Å²) >= 11 is 1.81. The predicted octanol–water partition coefficient (Wildman–Crippen LogP) is 1.98. The Morgan fingerprint density at radius 2 is 2.14 bits per heavy atom. The number of hydrogen-bond acceptors (Lipinski definition) is 4. The highest BCUT2D eigenvalue weighted by Gasteiger charge is 2.08. The third kappa shape index (κ3) is 8.38. The van der Waals surface area contributed by atoms with Gasteiger partial charge >= 0.3 is 0 Å². The molecule has 1 rings (SSSR count). The number of aryl methyl sites for hydroxylation is 1. The van der Waals surface area contributed by atoms with E-state index in [2.05, 4.69) is 41.6 Å². The molecule has 1 heterocycles. The topological polar surface area (TPSA) is 70.6 Å². The Morgan fingerprint density at radius 3 is 2.68 bits per heavy atom. The molecule has 0 aliphatic heterocycles. The maximum atomic E-state index is 11.1. The van der Waals surface area contributed by atoms with Gasteiger partial charge in [-0.2, -0.15) is 0 Å². The molecule has 1 atom stereocenters. The lowest BCUT2D eigenvalue weighted by Gasteiger charge is -2.17. The molecular weight excluding hydrogens is 318 g/mol. The fourth-order valence-electron chi connectivity index (χ4n) is 2.02. The summed E-state index contributed by atoms with van der Waals surface area (Å²) in [5, 5.41) is 6.56. The van der Waals surface area contributed by atoms with Gasteiger partial charge in [0.2, 0.25) is 0 Å². The van der Waals surface area contributed by atoms with Crippen LogP contribution < -0.4 is 10.6 Å². The summed E-state index contributed by atoms with van der Waals surface area (Å²) in [4.78, 5) is 7.11. The number of nitrogens with one attached hydrogen (secondary N) is 2. The van der Waals surface area contributed by atoms with Crippen molar-refractivity contribution in [1.29, 1.82) is 0 Å². The zero-order chi connectivity index (χ0) is 16.6. The molecular formula is C15H27N3O2S2. The molecule has 0 saturated heterocycles. The van der Waals surface area contributed by atoms with E-state index < -0.39 is 9.84 Å². The third-order valence-corrected chi connectivity index (χ3v) is 5.03. The first-order valence-electron chi connectivity index (χ1n) is 7.58. The van der Waals surface area contributed by atoms with Gasteiger partial charge in [-0.15, -0.1) is 11.3 Å². The van der Waals surface area contributed by atoms with Crippen molar-refractivity contribution in [2.45, 2.75) is 39.7 Å². The minimum absolute atomic E-state index is 0.180. The van der Waals surface area contributed by atoms with Crippen LogP contribution in [0.4, 0.5) is 0 Å². The molecule has 0 aliphatic rings. The van der Waals surface area contributed by atoms with E-state index in [-0.39, 0.29) is 11.8 Å². The van der Waals surface area contributed by atoms with Crippen LogP contribution in [0.3, 0.4) is 0 Å². The Morgan fingerprint density at radius 1 is 1.41 bits per heavy atom. The van der Waals surface area contributed by atoms with Crippen LogP contribution in [0.15, 0.2) is 17.1 Å². The SMILES string of the molecule is CCNC(=NCCCS(C)(=O)=O)NC(C)Cc1ccc(C)s1. The van der Waals surface area contributed by atoms with Gasteiger partial charge in [-0.1, -0.05) is 0 Å². The monoisotopic (exact) mass is 345 g/mol. The standard InChI is InChI=1S/C15H27N3O2S2/c1-5-16-15(17-9-6-10-22(4,19)20)18-12(2)11-14-8-7-13(3)21-14/h7-8,12H,5-6,9-11H2,1-4H3,(H2,16,17,18). The van der Waals surface area contributed by atoms with Crippen molar-refractivity contribution in [2.75, 3.05) is 25.1 Å².